The van der Waals surface area contributed by atoms with Gasteiger partial charge in [0.2, 0.25) is 0 Å². The number of hydrogen-bond donors (Lipinski definition) is 2. The van der Waals surface area contributed by atoms with E-state index in [2.05, 4.69) is 9.71 Å². The molecule has 3 N–H and O–H groups in total. The summed E-state index contributed by atoms with van der Waals surface area (Å²) >= 11 is 0. The Kier molecular flexibility index (Phi) is 3.23. The number of nitrogens with two attached hydrogens (primary N) is 1. The number of sulfonamides is 1. The first kappa shape index (κ1) is 13.4. The predicted octanol–water partition coefficient (Wildman–Crippen LogP) is 2.62. The van der Waals surface area contributed by atoms with Gasteiger partial charge in [0.1, 0.15) is 0 Å². The third-order valence-electron chi connectivity index (χ3n) is 3.07. The van der Waals surface area contributed by atoms with Crippen LogP contribution in [0.3, 0.4) is 0 Å². The quantitative estimate of drug-likeness (QED) is 0.728. The first-order valence-corrected chi connectivity index (χ1v) is 7.76. The molecule has 106 valence electrons. The summed E-state index contributed by atoms with van der Waals surface area (Å²) in [5.41, 5.74) is 6.75. The Morgan fingerprint density at radius 3 is 2.67 bits per heavy atom. The monoisotopic (exact) mass is 299 g/mol. The molecular weight excluding hydrogens is 286 g/mol. The van der Waals surface area contributed by atoms with E-state index in [0.717, 1.165) is 5.39 Å². The highest BCUT2D eigenvalue weighted by molar-refractivity contribution is 7.93. The van der Waals surface area contributed by atoms with Gasteiger partial charge in [-0.1, -0.05) is 18.2 Å². The van der Waals surface area contributed by atoms with Gasteiger partial charge in [-0.2, -0.15) is 0 Å². The molecule has 3 aromatic rings. The zero-order chi connectivity index (χ0) is 14.9. The van der Waals surface area contributed by atoms with Crippen LogP contribution in [0.2, 0.25) is 0 Å². The third kappa shape index (κ3) is 2.66. The molecule has 0 aliphatic rings. The fraction of sp³-hybridized carbons (Fsp3) is 0. The van der Waals surface area contributed by atoms with Crippen LogP contribution in [0.15, 0.2) is 65.8 Å². The molecule has 21 heavy (non-hydrogen) atoms. The van der Waals surface area contributed by atoms with Crippen molar-refractivity contribution in [3.63, 3.8) is 0 Å². The van der Waals surface area contributed by atoms with Crippen molar-refractivity contribution in [1.29, 1.82) is 0 Å². The van der Waals surface area contributed by atoms with Crippen LogP contribution in [0.4, 0.5) is 11.4 Å². The molecule has 0 unspecified atom stereocenters. The van der Waals surface area contributed by atoms with Gasteiger partial charge >= 0.3 is 0 Å². The van der Waals surface area contributed by atoms with E-state index >= 15 is 0 Å². The zero-order valence-corrected chi connectivity index (χ0v) is 11.8. The van der Waals surface area contributed by atoms with Gasteiger partial charge < -0.3 is 5.73 Å². The van der Waals surface area contributed by atoms with Gasteiger partial charge in [-0.15, -0.1) is 0 Å². The molecule has 0 atom stereocenters. The number of rotatable bonds is 3. The highest BCUT2D eigenvalue weighted by Gasteiger charge is 2.17. The minimum atomic E-state index is -3.68. The van der Waals surface area contributed by atoms with Crippen molar-refractivity contribution >= 4 is 32.2 Å². The molecule has 0 radical (unpaired) electrons. The summed E-state index contributed by atoms with van der Waals surface area (Å²) < 4.78 is 27.6. The maximum Gasteiger partial charge on any atom is 0.262 e. The molecule has 6 heteroatoms. The second-order valence-electron chi connectivity index (χ2n) is 4.58. The van der Waals surface area contributed by atoms with Crippen LogP contribution in [0.1, 0.15) is 0 Å². The van der Waals surface area contributed by atoms with Crippen LogP contribution in [0.25, 0.3) is 10.8 Å². The van der Waals surface area contributed by atoms with E-state index in [0.29, 0.717) is 16.8 Å². The van der Waals surface area contributed by atoms with Crippen LogP contribution >= 0.6 is 0 Å². The van der Waals surface area contributed by atoms with Gasteiger partial charge in [0.05, 0.1) is 16.8 Å². The Morgan fingerprint density at radius 1 is 1.05 bits per heavy atom. The second kappa shape index (κ2) is 5.06. The standard InChI is InChI=1S/C15H13N3O2S/c16-12-6-7-14-11(9-12)3-1-5-15(14)21(19,20)18-13-4-2-8-17-10-13/h1-10,18H,16H2. The molecule has 0 fully saturated rings. The lowest BCUT2D eigenvalue weighted by Gasteiger charge is -2.10. The summed E-state index contributed by atoms with van der Waals surface area (Å²) in [5, 5.41) is 1.41. The minimum Gasteiger partial charge on any atom is -0.399 e. The molecular formula is C15H13N3O2S. The maximum atomic E-state index is 12.5. The number of pyridine rings is 1. The second-order valence-corrected chi connectivity index (χ2v) is 6.23. The van der Waals surface area contributed by atoms with Crippen LogP contribution < -0.4 is 10.5 Å². The molecule has 0 aliphatic heterocycles. The van der Waals surface area contributed by atoms with Crippen molar-refractivity contribution in [1.82, 2.24) is 4.98 Å². The van der Waals surface area contributed by atoms with Crippen molar-refractivity contribution < 1.29 is 8.42 Å². The van der Waals surface area contributed by atoms with Crippen LogP contribution in [-0.4, -0.2) is 13.4 Å². The lowest BCUT2D eigenvalue weighted by molar-refractivity contribution is 0.602. The first-order valence-electron chi connectivity index (χ1n) is 6.27. The smallest absolute Gasteiger partial charge is 0.262 e. The molecule has 0 saturated carbocycles. The molecule has 2 aromatic carbocycles. The molecule has 1 heterocycles. The summed E-state index contributed by atoms with van der Waals surface area (Å²) in [4.78, 5) is 4.10. The lowest BCUT2D eigenvalue weighted by atomic mass is 10.1. The number of aromatic nitrogens is 1. The van der Waals surface area contributed by atoms with Crippen LogP contribution in [0, 0.1) is 0 Å². The van der Waals surface area contributed by atoms with Crippen molar-refractivity contribution in [2.45, 2.75) is 4.90 Å². The van der Waals surface area contributed by atoms with Crippen molar-refractivity contribution in [3.05, 3.63) is 60.9 Å². The summed E-state index contributed by atoms with van der Waals surface area (Å²) in [6.45, 7) is 0. The molecule has 5 nitrogen and oxygen atoms in total. The number of nitrogens with one attached hydrogen (secondary N) is 1. The Labute approximate surface area is 122 Å². The number of hydrogen-bond acceptors (Lipinski definition) is 4. The molecule has 1 aromatic heterocycles. The van der Waals surface area contributed by atoms with E-state index in [9.17, 15) is 8.42 Å². The third-order valence-corrected chi connectivity index (χ3v) is 4.51. The number of benzene rings is 2. The van der Waals surface area contributed by atoms with Crippen molar-refractivity contribution in [3.8, 4) is 0 Å². The van der Waals surface area contributed by atoms with E-state index < -0.39 is 10.0 Å². The Hall–Kier alpha value is -2.60. The van der Waals surface area contributed by atoms with E-state index in [1.807, 2.05) is 6.07 Å². The fourth-order valence-corrected chi connectivity index (χ4v) is 3.41. The fourth-order valence-electron chi connectivity index (χ4n) is 2.14. The molecule has 3 rings (SSSR count). The van der Waals surface area contributed by atoms with Crippen molar-refractivity contribution in [2.24, 2.45) is 0 Å². The van der Waals surface area contributed by atoms with Gasteiger partial charge in [0.15, 0.2) is 0 Å². The molecule has 0 amide bonds. The summed E-state index contributed by atoms with van der Waals surface area (Å²) in [6, 6.07) is 13.5. The Balaban J connectivity index is 2.11. The van der Waals surface area contributed by atoms with Gasteiger partial charge in [-0.3, -0.25) is 9.71 Å². The van der Waals surface area contributed by atoms with E-state index in [1.54, 1.807) is 48.7 Å². The molecule has 0 bridgehead atoms. The number of fused-ring (bicyclic) bond motifs is 1. The van der Waals surface area contributed by atoms with Crippen LogP contribution in [0.5, 0.6) is 0 Å². The number of anilines is 2. The minimum absolute atomic E-state index is 0.212. The lowest BCUT2D eigenvalue weighted by Crippen LogP contribution is -2.13. The average molecular weight is 299 g/mol. The highest BCUT2D eigenvalue weighted by atomic mass is 32.2. The predicted molar refractivity (Wildman–Crippen MR) is 83.4 cm³/mol. The topological polar surface area (TPSA) is 85.1 Å². The van der Waals surface area contributed by atoms with E-state index in [-0.39, 0.29) is 4.90 Å². The largest absolute Gasteiger partial charge is 0.399 e. The first-order chi connectivity index (χ1) is 10.1. The van der Waals surface area contributed by atoms with Gasteiger partial charge in [-0.25, -0.2) is 8.42 Å². The SMILES string of the molecule is Nc1ccc2c(S(=O)(=O)Nc3cccnc3)cccc2c1. The normalized spacial score (nSPS) is 11.4. The summed E-state index contributed by atoms with van der Waals surface area (Å²) in [6.07, 6.45) is 3.04. The van der Waals surface area contributed by atoms with Crippen molar-refractivity contribution in [2.75, 3.05) is 10.5 Å². The van der Waals surface area contributed by atoms with Gasteiger partial charge in [0, 0.05) is 17.3 Å². The van der Waals surface area contributed by atoms with E-state index in [1.165, 1.54) is 6.20 Å². The van der Waals surface area contributed by atoms with Gasteiger partial charge in [-0.05, 0) is 35.7 Å². The highest BCUT2D eigenvalue weighted by Crippen LogP contribution is 2.26. The number of nitrogens with zero attached hydrogens (tertiary/aromatic N) is 1. The Morgan fingerprint density at radius 2 is 1.90 bits per heavy atom. The molecule has 0 spiro atoms. The Bertz CT molecular complexity index is 893. The molecule has 0 saturated heterocycles. The van der Waals surface area contributed by atoms with E-state index in [4.69, 9.17) is 5.73 Å². The maximum absolute atomic E-state index is 12.5. The van der Waals surface area contributed by atoms with Crippen LogP contribution in [-0.2, 0) is 10.0 Å². The zero-order valence-electron chi connectivity index (χ0n) is 11.0. The molecule has 0 aliphatic carbocycles. The summed E-state index contributed by atoms with van der Waals surface area (Å²) in [5.74, 6) is 0. The summed E-state index contributed by atoms with van der Waals surface area (Å²) in [7, 11) is -3.68. The van der Waals surface area contributed by atoms with Gasteiger partial charge in [0.25, 0.3) is 10.0 Å². The average Bonchev–Trinajstić information content (AvgIpc) is 2.47. The number of nitrogen functional groups attached to an aromatic ring is 1.